The molecule has 208 valence electrons. The van der Waals surface area contributed by atoms with Crippen molar-refractivity contribution in [3.05, 3.63) is 82.9 Å². The Kier molecular flexibility index (Phi) is 7.65. The number of pyridine rings is 1. The van der Waals surface area contributed by atoms with Crippen LogP contribution in [0.5, 0.6) is 0 Å². The van der Waals surface area contributed by atoms with Crippen LogP contribution in [-0.4, -0.2) is 77.7 Å². The second-order valence-electron chi connectivity index (χ2n) is 9.78. The number of aromatic nitrogens is 3. The van der Waals surface area contributed by atoms with E-state index in [-0.39, 0.29) is 32.4 Å². The minimum atomic E-state index is -0.970. The summed E-state index contributed by atoms with van der Waals surface area (Å²) >= 11 is -0.0757. The Hall–Kier alpha value is -4.30. The van der Waals surface area contributed by atoms with E-state index in [1.54, 1.807) is 36.7 Å². The van der Waals surface area contributed by atoms with E-state index in [2.05, 4.69) is 9.67 Å². The summed E-state index contributed by atoms with van der Waals surface area (Å²) in [5.41, 5.74) is 2.65. The molecule has 2 aliphatic rings. The van der Waals surface area contributed by atoms with Gasteiger partial charge in [-0.3, -0.25) is 0 Å². The summed E-state index contributed by atoms with van der Waals surface area (Å²) < 4.78 is 22.9. The van der Waals surface area contributed by atoms with Crippen molar-refractivity contribution in [2.24, 2.45) is 5.10 Å². The molecule has 4 aromatic rings. The van der Waals surface area contributed by atoms with Crippen molar-refractivity contribution in [2.45, 2.75) is 30.9 Å². The molecule has 0 unspecified atom stereocenters. The van der Waals surface area contributed by atoms with Crippen LogP contribution in [-0.2, 0) is 23.1 Å². The van der Waals surface area contributed by atoms with E-state index in [1.807, 2.05) is 34.2 Å². The van der Waals surface area contributed by atoms with E-state index in [0.717, 1.165) is 40.3 Å². The van der Waals surface area contributed by atoms with Gasteiger partial charge in [0.15, 0.2) is 0 Å². The van der Waals surface area contributed by atoms with Gasteiger partial charge < -0.3 is 9.84 Å². The third-order valence-electron chi connectivity index (χ3n) is 7.09. The molecule has 1 N–H and O–H groups in total. The number of hydrogen-bond donors (Lipinski definition) is 1. The molecular weight excluding hydrogens is 592 g/mol. The zero-order valence-corrected chi connectivity index (χ0v) is 23.7. The van der Waals surface area contributed by atoms with Gasteiger partial charge in [0.1, 0.15) is 0 Å². The molecule has 1 fully saturated rings. The Morgan fingerprint density at radius 2 is 2.05 bits per heavy atom. The molecule has 0 radical (unpaired) electrons. The molecule has 1 atom stereocenters. The SMILES string of the molecule is N#Cc1ccc(C[Se]c2cccc(N3C=NN(Cc4nc5ccc(C(=O)O)cc5n4C[C@@H]4CCO4)CC3)n2)c(F)c1. The summed E-state index contributed by atoms with van der Waals surface area (Å²) in [5, 5.41) is 25.6. The van der Waals surface area contributed by atoms with E-state index in [0.29, 0.717) is 42.6 Å². The van der Waals surface area contributed by atoms with Crippen LogP contribution in [0.2, 0.25) is 0 Å². The normalized spacial score (nSPS) is 16.5. The molecule has 2 aliphatic heterocycles. The van der Waals surface area contributed by atoms with Gasteiger partial charge in [-0.2, -0.15) is 0 Å². The van der Waals surface area contributed by atoms with Gasteiger partial charge in [-0.25, -0.2) is 4.79 Å². The van der Waals surface area contributed by atoms with Crippen molar-refractivity contribution in [1.82, 2.24) is 19.5 Å². The fourth-order valence-electron chi connectivity index (χ4n) is 4.72. The van der Waals surface area contributed by atoms with E-state index < -0.39 is 5.97 Å². The van der Waals surface area contributed by atoms with Crippen LogP contribution in [0.3, 0.4) is 0 Å². The molecule has 4 heterocycles. The molecule has 0 bridgehead atoms. The Morgan fingerprint density at radius 3 is 2.76 bits per heavy atom. The number of imidazole rings is 1. The zero-order chi connectivity index (χ0) is 28.3. The van der Waals surface area contributed by atoms with Gasteiger partial charge in [-0.05, 0) is 12.5 Å². The molecule has 0 spiro atoms. The van der Waals surface area contributed by atoms with Crippen molar-refractivity contribution in [1.29, 1.82) is 5.26 Å². The first kappa shape index (κ1) is 26.9. The maximum atomic E-state index is 14.3. The molecule has 6 rings (SSSR count). The standard InChI is InChI=1S/C29H26FN7O3Se/c30-23-12-19(14-31)4-5-21(23)17-41-28-3-1-2-26(34-28)35-9-10-36(32-18-35)16-27-33-24-7-6-20(29(38)39)13-25(24)37(27)15-22-8-11-40-22/h1-7,12-13,18,22H,8-11,15-17H2,(H,38,39)/t22-/m0/s1. The number of benzene rings is 2. The number of hydrazone groups is 1. The summed E-state index contributed by atoms with van der Waals surface area (Å²) in [6.07, 6.45) is 2.81. The van der Waals surface area contributed by atoms with Crippen LogP contribution in [0.4, 0.5) is 10.2 Å². The Balaban J connectivity index is 1.14. The number of halogens is 1. The topological polar surface area (TPSA) is 120 Å². The number of aromatic carboxylic acids is 1. The number of carbonyl (C=O) groups is 1. The second-order valence-corrected chi connectivity index (χ2v) is 11.9. The van der Waals surface area contributed by atoms with E-state index in [9.17, 15) is 14.3 Å². The number of carboxylic acids is 1. The van der Waals surface area contributed by atoms with E-state index in [1.165, 1.54) is 6.07 Å². The fraction of sp³-hybridized carbons (Fsp3) is 0.276. The number of ether oxygens (including phenoxy) is 1. The summed E-state index contributed by atoms with van der Waals surface area (Å²) in [6, 6.07) is 17.4. The van der Waals surface area contributed by atoms with Gasteiger partial charge in [0.05, 0.1) is 5.56 Å². The molecule has 1 saturated heterocycles. The minimum absolute atomic E-state index is 0.0757. The molecule has 0 amide bonds. The monoisotopic (exact) mass is 619 g/mol. The van der Waals surface area contributed by atoms with Crippen LogP contribution in [0.1, 0.15) is 33.7 Å². The number of carboxylic acid groups (broad SMARTS) is 1. The van der Waals surface area contributed by atoms with Gasteiger partial charge in [0.2, 0.25) is 0 Å². The number of nitriles is 1. The molecule has 41 heavy (non-hydrogen) atoms. The molecule has 10 nitrogen and oxygen atoms in total. The number of fused-ring (bicyclic) bond motifs is 1. The first-order valence-electron chi connectivity index (χ1n) is 13.1. The van der Waals surface area contributed by atoms with Crippen molar-refractivity contribution < 1.29 is 19.0 Å². The van der Waals surface area contributed by atoms with Crippen molar-refractivity contribution in [2.75, 3.05) is 24.6 Å². The third-order valence-corrected chi connectivity index (χ3v) is 9.14. The summed E-state index contributed by atoms with van der Waals surface area (Å²) in [5.74, 6) is 0.258. The third kappa shape index (κ3) is 5.93. The van der Waals surface area contributed by atoms with Crippen LogP contribution >= 0.6 is 0 Å². The summed E-state index contributed by atoms with van der Waals surface area (Å²) in [7, 11) is 0. The second kappa shape index (κ2) is 11.7. The summed E-state index contributed by atoms with van der Waals surface area (Å²) in [4.78, 5) is 23.1. The van der Waals surface area contributed by atoms with Crippen LogP contribution < -0.4 is 9.49 Å². The Bertz CT molecular complexity index is 1680. The number of nitrogens with zero attached hydrogens (tertiary/aromatic N) is 7. The molecule has 0 saturated carbocycles. The predicted molar refractivity (Wildman–Crippen MR) is 152 cm³/mol. The average Bonchev–Trinajstić information content (AvgIpc) is 3.30. The van der Waals surface area contributed by atoms with Gasteiger partial charge in [0, 0.05) is 6.61 Å². The molecule has 0 aliphatic carbocycles. The van der Waals surface area contributed by atoms with Crippen LogP contribution in [0.15, 0.2) is 59.7 Å². The zero-order valence-electron chi connectivity index (χ0n) is 22.0. The van der Waals surface area contributed by atoms with Crippen molar-refractivity contribution in [3.63, 3.8) is 0 Å². The van der Waals surface area contributed by atoms with E-state index >= 15 is 0 Å². The Labute approximate surface area is 241 Å². The van der Waals surface area contributed by atoms with Gasteiger partial charge in [-0.15, -0.1) is 0 Å². The van der Waals surface area contributed by atoms with Crippen LogP contribution in [0.25, 0.3) is 11.0 Å². The van der Waals surface area contributed by atoms with Crippen LogP contribution in [0, 0.1) is 17.1 Å². The quantitative estimate of drug-likeness (QED) is 0.285. The molecule has 2 aromatic heterocycles. The number of hydrogen-bond acceptors (Lipinski definition) is 8. The van der Waals surface area contributed by atoms with Gasteiger partial charge >= 0.3 is 203 Å². The van der Waals surface area contributed by atoms with Crippen molar-refractivity contribution >= 4 is 48.7 Å². The van der Waals surface area contributed by atoms with E-state index in [4.69, 9.17) is 20.0 Å². The molecule has 12 heteroatoms. The van der Waals surface area contributed by atoms with Gasteiger partial charge in [-0.1, -0.05) is 0 Å². The average molecular weight is 619 g/mol. The first-order chi connectivity index (χ1) is 20.0. The molecular formula is C29H26FN7O3Se. The van der Waals surface area contributed by atoms with Crippen molar-refractivity contribution in [3.8, 4) is 6.07 Å². The number of rotatable bonds is 9. The maximum absolute atomic E-state index is 14.3. The fourth-order valence-corrected chi connectivity index (χ4v) is 6.55. The first-order valence-corrected chi connectivity index (χ1v) is 15.2. The predicted octanol–water partition coefficient (Wildman–Crippen LogP) is 2.72. The number of anilines is 1. The summed E-state index contributed by atoms with van der Waals surface area (Å²) in [6.45, 7) is 3.14. The Morgan fingerprint density at radius 1 is 1.17 bits per heavy atom. The van der Waals surface area contributed by atoms with Gasteiger partial charge in [0.25, 0.3) is 0 Å². The molecule has 2 aromatic carbocycles.